The van der Waals surface area contributed by atoms with E-state index in [0.29, 0.717) is 0 Å². The van der Waals surface area contributed by atoms with E-state index in [1.807, 2.05) is 5.92 Å². The minimum absolute atomic E-state index is 0.120. The van der Waals surface area contributed by atoms with Crippen LogP contribution < -0.4 is 5.73 Å². The zero-order valence-corrected chi connectivity index (χ0v) is 18.7. The second kappa shape index (κ2) is 8.81. The van der Waals surface area contributed by atoms with Crippen molar-refractivity contribution in [2.24, 2.45) is 0 Å². The normalized spacial score (nSPS) is 29.4. The van der Waals surface area contributed by atoms with E-state index in [-0.39, 0.29) is 16.9 Å². The van der Waals surface area contributed by atoms with Crippen LogP contribution in [0.1, 0.15) is 6.23 Å². The summed E-state index contributed by atoms with van der Waals surface area (Å²) in [7, 11) is -16.8. The Hall–Kier alpha value is -1.73. The number of aliphatic hydroxyl groups is 2. The molecule has 1 fully saturated rings. The molecule has 20 heteroatoms. The van der Waals surface area contributed by atoms with Crippen molar-refractivity contribution in [1.29, 1.82) is 0 Å². The van der Waals surface area contributed by atoms with Crippen LogP contribution in [0, 0.1) is 12.3 Å². The number of phosphoric acid groups is 3. The Bertz CT molecular complexity index is 1240. The third-order valence-corrected chi connectivity index (χ3v) is 8.08. The topological polar surface area (TPSA) is 266 Å². The number of anilines is 1. The monoisotopic (exact) mass is 530 g/mol. The van der Waals surface area contributed by atoms with Crippen LogP contribution in [0.5, 0.6) is 0 Å². The predicted octanol–water partition coefficient (Wildman–Crippen LogP) is -1.02. The van der Waals surface area contributed by atoms with Gasteiger partial charge in [0, 0.05) is 6.20 Å². The van der Waals surface area contributed by atoms with Gasteiger partial charge in [0.1, 0.15) is 17.7 Å². The number of pyridine rings is 1. The largest absolute Gasteiger partial charge is 0.490 e. The molecule has 0 radical (unpaired) electrons. The molecule has 0 aliphatic carbocycles. The molecule has 3 rings (SSSR count). The maximum absolute atomic E-state index is 11.9. The molecule has 0 spiro atoms. The van der Waals surface area contributed by atoms with Crippen LogP contribution in [-0.2, 0) is 31.6 Å². The number of imidazole rings is 1. The fraction of sp³-hybridized carbons (Fsp3) is 0.385. The van der Waals surface area contributed by atoms with Gasteiger partial charge < -0.3 is 40.3 Å². The molecular formula is C13H17N4O13P3. The lowest BCUT2D eigenvalue weighted by atomic mass is 9.95. The van der Waals surface area contributed by atoms with Gasteiger partial charge >= 0.3 is 23.5 Å². The first-order valence-corrected chi connectivity index (χ1v) is 13.0. The highest BCUT2D eigenvalue weighted by atomic mass is 31.3. The minimum atomic E-state index is -5.75. The summed E-state index contributed by atoms with van der Waals surface area (Å²) in [5.74, 6) is 1.96. The van der Waals surface area contributed by atoms with Crippen LogP contribution >= 0.6 is 23.5 Å². The van der Waals surface area contributed by atoms with Crippen molar-refractivity contribution in [1.82, 2.24) is 14.5 Å². The van der Waals surface area contributed by atoms with Crippen molar-refractivity contribution in [3.05, 3.63) is 18.6 Å². The number of aliphatic hydroxyl groups excluding tert-OH is 1. The first kappa shape index (κ1) is 25.9. The van der Waals surface area contributed by atoms with Gasteiger partial charge in [0.05, 0.1) is 18.6 Å². The first-order valence-electron chi connectivity index (χ1n) is 8.47. The number of terminal acetylenes is 1. The van der Waals surface area contributed by atoms with E-state index in [2.05, 4.69) is 23.1 Å². The van der Waals surface area contributed by atoms with Gasteiger partial charge in [-0.2, -0.15) is 8.62 Å². The molecule has 1 aliphatic heterocycles. The molecular weight excluding hydrogens is 513 g/mol. The lowest BCUT2D eigenvalue weighted by Crippen LogP contribution is -2.45. The van der Waals surface area contributed by atoms with Gasteiger partial charge in [-0.1, -0.05) is 5.92 Å². The van der Waals surface area contributed by atoms with E-state index < -0.39 is 54.1 Å². The summed E-state index contributed by atoms with van der Waals surface area (Å²) < 4.78 is 52.2. The van der Waals surface area contributed by atoms with Gasteiger partial charge in [-0.15, -0.1) is 6.42 Å². The van der Waals surface area contributed by atoms with Crippen LogP contribution in [0.15, 0.2) is 18.6 Å². The van der Waals surface area contributed by atoms with Crippen molar-refractivity contribution in [3.8, 4) is 12.3 Å². The zero-order chi connectivity index (χ0) is 24.8. The minimum Gasteiger partial charge on any atom is -0.397 e. The average Bonchev–Trinajstić information content (AvgIpc) is 3.18. The molecule has 2 aromatic rings. The maximum Gasteiger partial charge on any atom is 0.490 e. The molecule has 6 atom stereocenters. The zero-order valence-electron chi connectivity index (χ0n) is 16.1. The lowest BCUT2D eigenvalue weighted by Gasteiger charge is -2.26. The molecule has 17 nitrogen and oxygen atoms in total. The Balaban J connectivity index is 1.79. The third-order valence-electron chi connectivity index (χ3n) is 4.28. The molecule has 2 aromatic heterocycles. The molecule has 1 aliphatic rings. The number of phosphoric ester groups is 1. The molecule has 0 aromatic carbocycles. The maximum atomic E-state index is 11.9. The second-order valence-electron chi connectivity index (χ2n) is 6.55. The summed E-state index contributed by atoms with van der Waals surface area (Å²) in [6.07, 6.45) is 2.79. The van der Waals surface area contributed by atoms with Gasteiger partial charge in [0.2, 0.25) is 0 Å². The van der Waals surface area contributed by atoms with Crippen molar-refractivity contribution in [2.45, 2.75) is 24.0 Å². The molecule has 8 N–H and O–H groups in total. The quantitative estimate of drug-likeness (QED) is 0.159. The molecule has 0 bridgehead atoms. The molecule has 182 valence electrons. The number of nitrogens with zero attached hydrogens (tertiary/aromatic N) is 3. The Labute approximate surface area is 184 Å². The van der Waals surface area contributed by atoms with Gasteiger partial charge in [-0.3, -0.25) is 9.09 Å². The average molecular weight is 530 g/mol. The number of hydrogen-bond donors (Lipinski definition) is 7. The smallest absolute Gasteiger partial charge is 0.397 e. The van der Waals surface area contributed by atoms with E-state index in [9.17, 15) is 33.7 Å². The van der Waals surface area contributed by atoms with E-state index in [1.54, 1.807) is 0 Å². The highest BCUT2D eigenvalue weighted by molar-refractivity contribution is 7.66. The summed E-state index contributed by atoms with van der Waals surface area (Å²) in [5.41, 5.74) is 3.97. The molecule has 0 saturated carbocycles. The summed E-state index contributed by atoms with van der Waals surface area (Å²) in [6.45, 7) is -1.05. The van der Waals surface area contributed by atoms with Crippen LogP contribution in [0.3, 0.4) is 0 Å². The Morgan fingerprint density at radius 1 is 1.21 bits per heavy atom. The van der Waals surface area contributed by atoms with E-state index in [4.69, 9.17) is 26.7 Å². The summed E-state index contributed by atoms with van der Waals surface area (Å²) in [6, 6.07) is 1.46. The first-order chi connectivity index (χ1) is 15.1. The van der Waals surface area contributed by atoms with E-state index >= 15 is 0 Å². The number of hydrogen-bond acceptors (Lipinski definition) is 12. The molecule has 1 saturated heterocycles. The van der Waals surface area contributed by atoms with E-state index in [0.717, 1.165) is 4.57 Å². The lowest BCUT2D eigenvalue weighted by molar-refractivity contribution is -0.0717. The summed E-state index contributed by atoms with van der Waals surface area (Å²) >= 11 is 0. The highest BCUT2D eigenvalue weighted by Gasteiger charge is 2.56. The van der Waals surface area contributed by atoms with Gasteiger partial charge in [0.25, 0.3) is 0 Å². The molecule has 3 heterocycles. The number of aromatic nitrogens is 3. The standard InChI is InChI=1S/C13H17N4O13P3/c1-2-13(19)10(18)8(5-27-32(23,24)30-33(25,26)29-31(20,21)22)28-12(13)17-6-16-9-7(14)3-4-15-11(9)17/h1,3-4,6,8,10,12,18-19H,5H2,(H2,14,15)(H,23,24)(H,25,26)(H2,20,21,22)/t8-,10-,12-,13-/m1/s1. The second-order valence-corrected chi connectivity index (χ2v) is 11.0. The molecule has 33 heavy (non-hydrogen) atoms. The van der Waals surface area contributed by atoms with Crippen molar-refractivity contribution in [3.63, 3.8) is 0 Å². The highest BCUT2D eigenvalue weighted by Crippen LogP contribution is 2.66. The van der Waals surface area contributed by atoms with E-state index in [1.165, 1.54) is 18.6 Å². The fourth-order valence-corrected chi connectivity index (χ4v) is 5.96. The van der Waals surface area contributed by atoms with Crippen LogP contribution in [0.25, 0.3) is 11.2 Å². The third kappa shape index (κ3) is 5.51. The van der Waals surface area contributed by atoms with Crippen molar-refractivity contribution in [2.75, 3.05) is 12.3 Å². The number of rotatable bonds is 8. The predicted molar refractivity (Wildman–Crippen MR) is 105 cm³/mol. The van der Waals surface area contributed by atoms with Crippen LogP contribution in [0.4, 0.5) is 5.69 Å². The molecule has 0 amide bonds. The van der Waals surface area contributed by atoms with Crippen LogP contribution in [0.2, 0.25) is 0 Å². The van der Waals surface area contributed by atoms with Gasteiger partial charge in [0.15, 0.2) is 17.5 Å². The molecule has 2 unspecified atom stereocenters. The van der Waals surface area contributed by atoms with Gasteiger partial charge in [-0.05, 0) is 6.07 Å². The van der Waals surface area contributed by atoms with Gasteiger partial charge in [-0.25, -0.2) is 23.7 Å². The Morgan fingerprint density at radius 3 is 2.48 bits per heavy atom. The number of nitrogen functional groups attached to an aromatic ring is 1. The fourth-order valence-electron chi connectivity index (χ4n) is 2.93. The van der Waals surface area contributed by atoms with Crippen molar-refractivity contribution >= 4 is 40.3 Å². The van der Waals surface area contributed by atoms with Crippen LogP contribution in [-0.4, -0.2) is 68.7 Å². The summed E-state index contributed by atoms with van der Waals surface area (Å²) in [5, 5.41) is 21.3. The van der Waals surface area contributed by atoms with Crippen molar-refractivity contribution < 1.29 is 61.4 Å². The number of nitrogens with two attached hydrogens (primary N) is 1. The Morgan fingerprint density at radius 2 is 1.88 bits per heavy atom. The number of ether oxygens (including phenoxy) is 1. The number of fused-ring (bicyclic) bond motifs is 1. The SMILES string of the molecule is C#C[C@@]1(O)[C@H](O)[C@@H](COP(=O)(O)OP(=O)(O)OP(=O)(O)O)O[C@H]1n1cnc2c(N)ccnc21. The summed E-state index contributed by atoms with van der Waals surface area (Å²) in [4.78, 5) is 43.9. The Kier molecular flexibility index (Phi) is 6.91.